The zero-order chi connectivity index (χ0) is 30.1. The van der Waals surface area contributed by atoms with Gasteiger partial charge in [0.2, 0.25) is 0 Å². The number of hydrogen-bond donors (Lipinski definition) is 0. The molecule has 0 amide bonds. The SMILES string of the molecule is CN=C(C)c1c(C)ccc2cc[c-]n12.CN=C(C)c1c(C)ccc2sc[c-]c12.CN=CC(=C(C)C)c1[c-]cn(C)c1.[Ir].[Ir].[Ir]. The van der Waals surface area contributed by atoms with Crippen molar-refractivity contribution in [3.8, 4) is 0 Å². The Morgan fingerprint density at radius 3 is 2.07 bits per heavy atom. The molecule has 5 rings (SSSR count). The first-order valence-corrected chi connectivity index (χ1v) is 14.4. The van der Waals surface area contributed by atoms with Gasteiger partial charge in [0.25, 0.3) is 0 Å². The van der Waals surface area contributed by atoms with Crippen LogP contribution >= 0.6 is 11.3 Å². The van der Waals surface area contributed by atoms with E-state index in [4.69, 9.17) is 0 Å². The number of pyridine rings is 1. The first-order valence-electron chi connectivity index (χ1n) is 13.5. The Hall–Kier alpha value is -2.08. The monoisotopic (exact) mass is 1140 g/mol. The van der Waals surface area contributed by atoms with Crippen LogP contribution in [0.3, 0.4) is 0 Å². The molecule has 0 aliphatic heterocycles. The van der Waals surface area contributed by atoms with Gasteiger partial charge in [0.15, 0.2) is 0 Å². The molecule has 241 valence electrons. The average Bonchev–Trinajstić information content (AvgIpc) is 3.72. The van der Waals surface area contributed by atoms with Gasteiger partial charge in [-0.3, -0.25) is 0 Å². The molecule has 5 nitrogen and oxygen atoms in total. The fourth-order valence-electron chi connectivity index (χ4n) is 4.54. The molecule has 0 unspecified atom stereocenters. The third-order valence-electron chi connectivity index (χ3n) is 6.80. The largest absolute Gasteiger partial charge is 0.443 e. The van der Waals surface area contributed by atoms with Crippen LogP contribution in [0.15, 0.2) is 74.7 Å². The van der Waals surface area contributed by atoms with Crippen molar-refractivity contribution >= 4 is 50.2 Å². The van der Waals surface area contributed by atoms with Gasteiger partial charge >= 0.3 is 0 Å². The predicted octanol–water partition coefficient (Wildman–Crippen LogP) is 8.25. The summed E-state index contributed by atoms with van der Waals surface area (Å²) in [5.74, 6) is 0. The molecule has 4 heterocycles. The van der Waals surface area contributed by atoms with Gasteiger partial charge in [0, 0.05) is 87.2 Å². The van der Waals surface area contributed by atoms with E-state index in [2.05, 4.69) is 89.7 Å². The Bertz CT molecular complexity index is 1650. The minimum Gasteiger partial charge on any atom is -0.443 e. The third kappa shape index (κ3) is 10.5. The second-order valence-electron chi connectivity index (χ2n) is 10.00. The number of aromatic nitrogens is 2. The van der Waals surface area contributed by atoms with Crippen LogP contribution in [0, 0.1) is 32.2 Å². The number of aryl methyl sites for hydroxylation is 3. The number of rotatable bonds is 4. The van der Waals surface area contributed by atoms with Gasteiger partial charge in [-0.1, -0.05) is 84.3 Å². The molecule has 0 atom stereocenters. The molecule has 1 aromatic carbocycles. The summed E-state index contributed by atoms with van der Waals surface area (Å²) in [5, 5.41) is 3.22. The summed E-state index contributed by atoms with van der Waals surface area (Å²) in [6.07, 6.45) is 9.02. The Morgan fingerprint density at radius 1 is 0.841 bits per heavy atom. The first-order chi connectivity index (χ1) is 19.6. The number of hydrogen-bond acceptors (Lipinski definition) is 4. The normalized spacial score (nSPS) is 11.0. The Morgan fingerprint density at radius 2 is 1.50 bits per heavy atom. The van der Waals surface area contributed by atoms with E-state index in [0.29, 0.717) is 0 Å². The Balaban J connectivity index is 0.000000610. The summed E-state index contributed by atoms with van der Waals surface area (Å²) < 4.78 is 5.33. The van der Waals surface area contributed by atoms with E-state index < -0.39 is 0 Å². The second-order valence-corrected chi connectivity index (χ2v) is 10.9. The van der Waals surface area contributed by atoms with Crippen molar-refractivity contribution < 1.29 is 60.3 Å². The summed E-state index contributed by atoms with van der Waals surface area (Å²) in [4.78, 5) is 12.5. The maximum absolute atomic E-state index is 4.25. The van der Waals surface area contributed by atoms with E-state index in [-0.39, 0.29) is 60.3 Å². The molecule has 0 spiro atoms. The molecule has 3 radical (unpaired) electrons. The van der Waals surface area contributed by atoms with Crippen LogP contribution in [0.2, 0.25) is 0 Å². The van der Waals surface area contributed by atoms with Crippen molar-refractivity contribution in [3.63, 3.8) is 0 Å². The van der Waals surface area contributed by atoms with Crippen molar-refractivity contribution in [1.82, 2.24) is 8.97 Å². The van der Waals surface area contributed by atoms with Crippen molar-refractivity contribution in [2.45, 2.75) is 41.5 Å². The van der Waals surface area contributed by atoms with E-state index in [1.807, 2.05) is 75.7 Å². The standard InChI is InChI=1S/C12H13N2.C12H12NS.C11H15N2.3Ir/c1-9-6-7-11-5-4-8-14(11)12(9)10(2)13-3;1-8-4-5-11-10(6-7-14-11)12(8)9(2)13-3;1-9(2)11(7-12-3)10-5-6-13(4)8-10;;;/h4-7H,1-3H3;4-5,7H,1-3H3;6-8H,1-4H3;;;/q3*-1;;;. The Kier molecular flexibility index (Phi) is 19.2. The summed E-state index contributed by atoms with van der Waals surface area (Å²) in [6.45, 7) is 12.4. The molecule has 0 N–H and O–H groups in total. The number of nitrogens with zero attached hydrogens (tertiary/aromatic N) is 5. The van der Waals surface area contributed by atoms with Crippen molar-refractivity contribution in [2.24, 2.45) is 22.0 Å². The van der Waals surface area contributed by atoms with Crippen LogP contribution in [-0.2, 0) is 67.4 Å². The van der Waals surface area contributed by atoms with Crippen LogP contribution in [0.4, 0.5) is 0 Å². The summed E-state index contributed by atoms with van der Waals surface area (Å²) in [7, 11) is 7.43. The van der Waals surface area contributed by atoms with Gasteiger partial charge in [-0.15, -0.1) is 28.8 Å². The molecule has 4 aromatic heterocycles. The second kappa shape index (κ2) is 20.1. The Labute approximate surface area is 307 Å². The summed E-state index contributed by atoms with van der Waals surface area (Å²) in [6, 6.07) is 19.0. The van der Waals surface area contributed by atoms with Crippen molar-refractivity contribution in [1.29, 1.82) is 0 Å². The van der Waals surface area contributed by atoms with Gasteiger partial charge in [0.05, 0.1) is 0 Å². The number of fused-ring (bicyclic) bond motifs is 2. The zero-order valence-electron chi connectivity index (χ0n) is 26.9. The van der Waals surface area contributed by atoms with E-state index in [1.54, 1.807) is 18.4 Å². The van der Waals surface area contributed by atoms with Gasteiger partial charge in [-0.2, -0.15) is 29.1 Å². The van der Waals surface area contributed by atoms with Crippen molar-refractivity contribution in [2.75, 3.05) is 21.1 Å². The van der Waals surface area contributed by atoms with Crippen LogP contribution in [-0.4, -0.2) is 47.7 Å². The van der Waals surface area contributed by atoms with E-state index in [9.17, 15) is 0 Å². The number of aliphatic imine (C=N–C) groups is 3. The van der Waals surface area contributed by atoms with E-state index in [1.165, 1.54) is 32.3 Å². The molecular formula is C35H40Ir3N5S-3. The van der Waals surface area contributed by atoms with Crippen LogP contribution < -0.4 is 0 Å². The topological polar surface area (TPSA) is 46.4 Å². The van der Waals surface area contributed by atoms with Crippen LogP contribution in [0.5, 0.6) is 0 Å². The molecule has 0 fully saturated rings. The van der Waals surface area contributed by atoms with E-state index >= 15 is 0 Å². The molecule has 44 heavy (non-hydrogen) atoms. The maximum Gasteiger partial charge on any atom is 0.0271 e. The fraction of sp³-hybridized carbons (Fsp3) is 0.286. The number of thiophene rings is 1. The molecule has 0 saturated heterocycles. The minimum absolute atomic E-state index is 0. The third-order valence-corrected chi connectivity index (χ3v) is 7.63. The quantitative estimate of drug-likeness (QED) is 0.129. The number of allylic oxidation sites excluding steroid dienone is 2. The molecular weight excluding hydrogens is 1100 g/mol. The van der Waals surface area contributed by atoms with E-state index in [0.717, 1.165) is 33.8 Å². The minimum atomic E-state index is 0. The maximum atomic E-state index is 4.25. The first kappa shape index (κ1) is 41.9. The number of benzene rings is 1. The molecule has 0 bridgehead atoms. The van der Waals surface area contributed by atoms with Crippen molar-refractivity contribution in [3.05, 3.63) is 106 Å². The molecule has 0 aliphatic rings. The molecule has 9 heteroatoms. The molecule has 0 aliphatic carbocycles. The smallest absolute Gasteiger partial charge is 0.0271 e. The zero-order valence-corrected chi connectivity index (χ0v) is 34.9. The van der Waals surface area contributed by atoms with Gasteiger partial charge < -0.3 is 23.9 Å². The van der Waals surface area contributed by atoms with Gasteiger partial charge in [-0.25, -0.2) is 11.3 Å². The summed E-state index contributed by atoms with van der Waals surface area (Å²) in [5.41, 5.74) is 11.7. The summed E-state index contributed by atoms with van der Waals surface area (Å²) >= 11 is 1.73. The average molecular weight is 1140 g/mol. The molecule has 0 saturated carbocycles. The fourth-order valence-corrected chi connectivity index (χ4v) is 5.27. The predicted molar refractivity (Wildman–Crippen MR) is 180 cm³/mol. The van der Waals surface area contributed by atoms with Gasteiger partial charge in [-0.05, 0) is 45.4 Å². The van der Waals surface area contributed by atoms with Crippen LogP contribution in [0.25, 0.3) is 21.2 Å². The van der Waals surface area contributed by atoms with Crippen LogP contribution in [0.1, 0.15) is 55.6 Å². The molecule has 5 aromatic rings. The van der Waals surface area contributed by atoms with Gasteiger partial charge in [0.1, 0.15) is 0 Å².